The summed E-state index contributed by atoms with van der Waals surface area (Å²) in [4.78, 5) is 33.3. The molecule has 250 valence electrons. The molecule has 9 heteroatoms. The van der Waals surface area contributed by atoms with Crippen molar-refractivity contribution in [1.82, 2.24) is 15.3 Å². The average Bonchev–Trinajstić information content (AvgIpc) is 3.63. The van der Waals surface area contributed by atoms with Crippen molar-refractivity contribution in [3.8, 4) is 11.1 Å². The molecule has 0 saturated heterocycles. The number of aromatic nitrogens is 3. The summed E-state index contributed by atoms with van der Waals surface area (Å²) in [5, 5.41) is 14.2. The minimum atomic E-state index is -0.456. The Labute approximate surface area is 290 Å². The first-order chi connectivity index (χ1) is 24.1. The molecule has 0 fully saturated rings. The molecule has 0 spiro atoms. The number of pyridine rings is 1. The van der Waals surface area contributed by atoms with Gasteiger partial charge in [0, 0.05) is 5.56 Å². The number of hydrogen-bond donors (Lipinski definition) is 2. The summed E-state index contributed by atoms with van der Waals surface area (Å²) in [5.41, 5.74) is 8.67. The van der Waals surface area contributed by atoms with E-state index in [9.17, 15) is 9.59 Å². The van der Waals surface area contributed by atoms with Gasteiger partial charge in [-0.25, -0.2) is 0 Å². The minimum Gasteiger partial charge on any atom is -0.354 e. The van der Waals surface area contributed by atoms with Crippen molar-refractivity contribution in [3.63, 3.8) is 0 Å². The van der Waals surface area contributed by atoms with Gasteiger partial charge < -0.3 is 19.7 Å². The maximum Gasteiger partial charge on any atom is 0.258 e. The molecule has 0 bridgehead atoms. The molecule has 2 amide bonds. The van der Waals surface area contributed by atoms with Gasteiger partial charge in [-0.3, -0.25) is 14.6 Å². The smallest absolute Gasteiger partial charge is 0.258 e. The number of amides is 2. The Hall–Kier alpha value is -6.35. The Bertz CT molecular complexity index is 2110. The van der Waals surface area contributed by atoms with E-state index in [4.69, 9.17) is 9.05 Å². The Balaban J connectivity index is 1.37. The third kappa shape index (κ3) is 7.22. The molecule has 0 aliphatic heterocycles. The van der Waals surface area contributed by atoms with Crippen LogP contribution < -0.4 is 10.6 Å². The summed E-state index contributed by atoms with van der Waals surface area (Å²) in [5.74, 6) is -0.130. The van der Waals surface area contributed by atoms with Crippen molar-refractivity contribution >= 4 is 47.5 Å². The van der Waals surface area contributed by atoms with Crippen LogP contribution >= 0.6 is 0 Å². The number of nitrogens with one attached hydrogen (secondary N) is 2. The lowest BCUT2D eigenvalue weighted by atomic mass is 9.91. The topological polar surface area (TPSA) is 123 Å². The van der Waals surface area contributed by atoms with Crippen LogP contribution in [-0.2, 0) is 0 Å². The molecule has 3 aromatic heterocycles. The van der Waals surface area contributed by atoms with Crippen molar-refractivity contribution in [2.45, 2.75) is 41.5 Å². The average molecular weight is 664 g/mol. The van der Waals surface area contributed by atoms with Crippen molar-refractivity contribution in [2.75, 3.05) is 10.6 Å². The fourth-order valence-electron chi connectivity index (χ4n) is 5.66. The Kier molecular flexibility index (Phi) is 9.67. The number of hydrogen-bond acceptors (Lipinski definition) is 7. The molecule has 0 atom stereocenters. The van der Waals surface area contributed by atoms with Gasteiger partial charge in [0.2, 0.25) is 0 Å². The maximum atomic E-state index is 14.3. The molecule has 6 aromatic rings. The van der Waals surface area contributed by atoms with Crippen LogP contribution in [0, 0.1) is 41.5 Å². The van der Waals surface area contributed by atoms with E-state index < -0.39 is 11.8 Å². The standard InChI is InChI=1S/C41H37N5O4/c1-24-12-16-30(17-13-24)20-22-33-38(28(5)45-49-33)43-40(47)35-26(3)42-27(4)36(37(35)32-10-8-7-9-11-32)41(48)44-39-29(6)46-50-34(39)23-21-31-18-14-25(2)15-19-31/h7-23H,1-6H3,(H,43,47)(H,44,48)/b22-20+,23-21+. The number of rotatable bonds is 9. The van der Waals surface area contributed by atoms with Crippen LogP contribution in [0.5, 0.6) is 0 Å². The van der Waals surface area contributed by atoms with Gasteiger partial charge in [0.15, 0.2) is 11.5 Å². The van der Waals surface area contributed by atoms with Crippen molar-refractivity contribution in [2.24, 2.45) is 0 Å². The van der Waals surface area contributed by atoms with Gasteiger partial charge in [-0.15, -0.1) is 0 Å². The van der Waals surface area contributed by atoms with Gasteiger partial charge in [0.25, 0.3) is 11.8 Å². The highest BCUT2D eigenvalue weighted by molar-refractivity contribution is 6.17. The molecular weight excluding hydrogens is 626 g/mol. The summed E-state index contributed by atoms with van der Waals surface area (Å²) in [6, 6.07) is 25.4. The molecular formula is C41H37N5O4. The predicted octanol–water partition coefficient (Wildman–Crippen LogP) is 9.42. The van der Waals surface area contributed by atoms with Crippen molar-refractivity contribution in [1.29, 1.82) is 0 Å². The van der Waals surface area contributed by atoms with Crippen LogP contribution in [0.4, 0.5) is 11.4 Å². The second kappa shape index (κ2) is 14.4. The normalized spacial score (nSPS) is 11.4. The molecule has 0 aliphatic rings. The Morgan fingerprint density at radius 3 is 1.38 bits per heavy atom. The molecule has 3 heterocycles. The summed E-state index contributed by atoms with van der Waals surface area (Å²) < 4.78 is 11.2. The van der Waals surface area contributed by atoms with E-state index in [1.807, 2.05) is 105 Å². The van der Waals surface area contributed by atoms with Crippen molar-refractivity contribution in [3.05, 3.63) is 147 Å². The zero-order valence-corrected chi connectivity index (χ0v) is 28.8. The molecule has 9 nitrogen and oxygen atoms in total. The van der Waals surface area contributed by atoms with Crippen LogP contribution in [-0.4, -0.2) is 27.1 Å². The van der Waals surface area contributed by atoms with E-state index in [0.717, 1.165) is 22.3 Å². The zero-order chi connectivity index (χ0) is 35.4. The SMILES string of the molecule is Cc1ccc(/C=C/c2onc(C)c2NC(=O)c2c(C)nc(C)c(C(=O)Nc3c(C)noc3/C=C/c3ccc(C)cc3)c2-c2ccccc2)cc1. The van der Waals surface area contributed by atoms with E-state index in [2.05, 4.69) is 25.9 Å². The lowest BCUT2D eigenvalue weighted by molar-refractivity contribution is 0.102. The van der Waals surface area contributed by atoms with Crippen LogP contribution in [0.15, 0.2) is 87.9 Å². The molecule has 0 aliphatic carbocycles. The van der Waals surface area contributed by atoms with Gasteiger partial charge in [-0.05, 0) is 70.4 Å². The molecule has 3 aromatic carbocycles. The lowest BCUT2D eigenvalue weighted by Crippen LogP contribution is -2.22. The number of benzene rings is 3. The van der Waals surface area contributed by atoms with E-state index in [1.165, 1.54) is 0 Å². The maximum absolute atomic E-state index is 14.3. The molecule has 0 radical (unpaired) electrons. The highest BCUT2D eigenvalue weighted by Gasteiger charge is 2.28. The lowest BCUT2D eigenvalue weighted by Gasteiger charge is -2.19. The van der Waals surface area contributed by atoms with Gasteiger partial charge >= 0.3 is 0 Å². The molecule has 0 saturated carbocycles. The Morgan fingerprint density at radius 2 is 0.960 bits per heavy atom. The third-order valence-electron chi connectivity index (χ3n) is 8.34. The highest BCUT2D eigenvalue weighted by Crippen LogP contribution is 2.34. The number of anilines is 2. The summed E-state index contributed by atoms with van der Waals surface area (Å²) in [6.45, 7) is 11.1. The summed E-state index contributed by atoms with van der Waals surface area (Å²) >= 11 is 0. The van der Waals surface area contributed by atoms with Crippen LogP contribution in [0.1, 0.15) is 77.3 Å². The Morgan fingerprint density at radius 1 is 0.540 bits per heavy atom. The first kappa shape index (κ1) is 33.5. The number of carbonyl (C=O) groups is 2. The van der Waals surface area contributed by atoms with Gasteiger partial charge in [0.1, 0.15) is 22.8 Å². The molecule has 50 heavy (non-hydrogen) atoms. The first-order valence-electron chi connectivity index (χ1n) is 16.2. The number of nitrogens with zero attached hydrogens (tertiary/aromatic N) is 3. The van der Waals surface area contributed by atoms with Crippen molar-refractivity contribution < 1.29 is 18.6 Å². The largest absolute Gasteiger partial charge is 0.354 e. The fourth-order valence-corrected chi connectivity index (χ4v) is 5.66. The van der Waals surface area contributed by atoms with Crippen LogP contribution in [0.3, 0.4) is 0 Å². The number of aryl methyl sites for hydroxylation is 6. The monoisotopic (exact) mass is 663 g/mol. The van der Waals surface area contributed by atoms with E-state index in [-0.39, 0.29) is 11.1 Å². The first-order valence-corrected chi connectivity index (χ1v) is 16.2. The second-order valence-electron chi connectivity index (χ2n) is 12.2. The summed E-state index contributed by atoms with van der Waals surface area (Å²) in [7, 11) is 0. The highest BCUT2D eigenvalue weighted by atomic mass is 16.5. The molecule has 0 unspecified atom stereocenters. The van der Waals surface area contributed by atoms with Gasteiger partial charge in [-0.2, -0.15) is 0 Å². The van der Waals surface area contributed by atoms with E-state index in [1.54, 1.807) is 39.8 Å². The molecule has 2 N–H and O–H groups in total. The summed E-state index contributed by atoms with van der Waals surface area (Å²) in [6.07, 6.45) is 7.32. The fraction of sp³-hybridized carbons (Fsp3) is 0.146. The van der Waals surface area contributed by atoms with Crippen LogP contribution in [0.25, 0.3) is 35.4 Å². The van der Waals surface area contributed by atoms with Gasteiger partial charge in [-0.1, -0.05) is 112 Å². The van der Waals surface area contributed by atoms with E-state index in [0.29, 0.717) is 56.8 Å². The second-order valence-corrected chi connectivity index (χ2v) is 12.2. The van der Waals surface area contributed by atoms with E-state index >= 15 is 0 Å². The third-order valence-corrected chi connectivity index (χ3v) is 8.34. The molecule has 6 rings (SSSR count). The number of carbonyl (C=O) groups excluding carboxylic acids is 2. The minimum absolute atomic E-state index is 0.252. The zero-order valence-electron chi connectivity index (χ0n) is 28.8. The predicted molar refractivity (Wildman–Crippen MR) is 198 cm³/mol. The van der Waals surface area contributed by atoms with Crippen LogP contribution in [0.2, 0.25) is 0 Å². The quantitative estimate of drug-likeness (QED) is 0.158. The van der Waals surface area contributed by atoms with Gasteiger partial charge in [0.05, 0.1) is 22.5 Å².